The van der Waals surface area contributed by atoms with Crippen molar-refractivity contribution in [3.8, 4) is 11.5 Å². The van der Waals surface area contributed by atoms with Crippen molar-refractivity contribution >= 4 is 18.3 Å². The number of carbonyl (C=O) groups is 1. The van der Waals surface area contributed by atoms with E-state index in [1.165, 1.54) is 6.42 Å². The Morgan fingerprint density at radius 2 is 1.96 bits per heavy atom. The number of benzene rings is 1. The van der Waals surface area contributed by atoms with E-state index >= 15 is 0 Å². The monoisotopic (exact) mass is 354 g/mol. The number of aryl methyl sites for hydroxylation is 1. The van der Waals surface area contributed by atoms with Gasteiger partial charge in [-0.15, -0.1) is 12.4 Å². The smallest absolute Gasteiger partial charge is 0.222 e. The van der Waals surface area contributed by atoms with Gasteiger partial charge in [-0.05, 0) is 48.8 Å². The first kappa shape index (κ1) is 18.9. The molecule has 1 aliphatic carbocycles. The summed E-state index contributed by atoms with van der Waals surface area (Å²) in [6, 6.07) is 6.10. The average Bonchev–Trinajstić information content (AvgIpc) is 3.14. The summed E-state index contributed by atoms with van der Waals surface area (Å²) in [5, 5.41) is 0. The summed E-state index contributed by atoms with van der Waals surface area (Å²) in [7, 11) is 3.25. The molecule has 134 valence electrons. The molecule has 1 aliphatic heterocycles. The first-order valence-corrected chi connectivity index (χ1v) is 8.36. The van der Waals surface area contributed by atoms with Crippen molar-refractivity contribution in [3.05, 3.63) is 23.8 Å². The minimum atomic E-state index is 0. The number of nitrogens with zero attached hydrogens (tertiary/aromatic N) is 1. The molecule has 3 unspecified atom stereocenters. The Hall–Kier alpha value is -1.46. The van der Waals surface area contributed by atoms with Crippen LogP contribution >= 0.6 is 12.4 Å². The Balaban J connectivity index is 0.00000208. The zero-order chi connectivity index (χ0) is 16.4. The molecule has 6 heteroatoms. The van der Waals surface area contributed by atoms with Gasteiger partial charge in [0, 0.05) is 25.6 Å². The van der Waals surface area contributed by atoms with Crippen LogP contribution in [0.5, 0.6) is 11.5 Å². The van der Waals surface area contributed by atoms with Gasteiger partial charge in [0.15, 0.2) is 11.5 Å². The molecular formula is C18H27ClN2O3. The van der Waals surface area contributed by atoms with Gasteiger partial charge in [-0.25, -0.2) is 0 Å². The number of amides is 1. The van der Waals surface area contributed by atoms with E-state index in [2.05, 4.69) is 0 Å². The second kappa shape index (κ2) is 8.08. The predicted octanol–water partition coefficient (Wildman–Crippen LogP) is 2.25. The number of ether oxygens (including phenoxy) is 2. The van der Waals surface area contributed by atoms with E-state index in [0.29, 0.717) is 29.8 Å². The topological polar surface area (TPSA) is 64.8 Å². The molecule has 0 bridgehead atoms. The number of hydrogen-bond donors (Lipinski definition) is 1. The number of fused-ring (bicyclic) bond motifs is 1. The van der Waals surface area contributed by atoms with Crippen LogP contribution in [0, 0.1) is 11.8 Å². The second-order valence-corrected chi connectivity index (χ2v) is 6.65. The molecule has 1 heterocycles. The van der Waals surface area contributed by atoms with E-state index in [0.717, 1.165) is 31.5 Å². The lowest BCUT2D eigenvalue weighted by atomic mass is 9.98. The van der Waals surface area contributed by atoms with E-state index < -0.39 is 0 Å². The number of likely N-dealkylation sites (tertiary alicyclic amines) is 1. The van der Waals surface area contributed by atoms with Crippen molar-refractivity contribution < 1.29 is 14.3 Å². The maximum Gasteiger partial charge on any atom is 0.222 e. The molecule has 0 radical (unpaired) electrons. The lowest BCUT2D eigenvalue weighted by molar-refractivity contribution is -0.130. The molecule has 1 aromatic rings. The van der Waals surface area contributed by atoms with Crippen LogP contribution in [0.2, 0.25) is 0 Å². The van der Waals surface area contributed by atoms with Crippen LogP contribution in [0.3, 0.4) is 0 Å². The summed E-state index contributed by atoms with van der Waals surface area (Å²) in [4.78, 5) is 14.5. The van der Waals surface area contributed by atoms with Gasteiger partial charge in [-0.3, -0.25) is 4.79 Å². The Bertz CT molecular complexity index is 581. The molecule has 1 amide bonds. The van der Waals surface area contributed by atoms with E-state index in [9.17, 15) is 4.79 Å². The Morgan fingerprint density at radius 3 is 2.62 bits per heavy atom. The predicted molar refractivity (Wildman–Crippen MR) is 95.9 cm³/mol. The number of hydrogen-bond acceptors (Lipinski definition) is 4. The molecule has 24 heavy (non-hydrogen) atoms. The zero-order valence-corrected chi connectivity index (χ0v) is 15.2. The summed E-state index contributed by atoms with van der Waals surface area (Å²) in [6.07, 6.45) is 3.54. The molecule has 1 saturated carbocycles. The minimum absolute atomic E-state index is 0. The highest BCUT2D eigenvalue weighted by Gasteiger charge is 2.42. The van der Waals surface area contributed by atoms with Crippen LogP contribution in [-0.4, -0.2) is 44.2 Å². The van der Waals surface area contributed by atoms with Crippen molar-refractivity contribution in [2.24, 2.45) is 17.6 Å². The first-order chi connectivity index (χ1) is 11.1. The van der Waals surface area contributed by atoms with Gasteiger partial charge in [0.2, 0.25) is 5.91 Å². The fourth-order valence-corrected chi connectivity index (χ4v) is 3.96. The normalized spacial score (nSPS) is 25.1. The molecule has 3 atom stereocenters. The molecule has 2 N–H and O–H groups in total. The van der Waals surface area contributed by atoms with Gasteiger partial charge in [0.05, 0.1) is 14.2 Å². The van der Waals surface area contributed by atoms with Crippen molar-refractivity contribution in [3.63, 3.8) is 0 Å². The number of carbonyl (C=O) groups excluding carboxylic acids is 1. The number of methoxy groups -OCH3 is 2. The maximum absolute atomic E-state index is 12.5. The van der Waals surface area contributed by atoms with E-state index in [1.807, 2.05) is 23.1 Å². The van der Waals surface area contributed by atoms with Crippen LogP contribution in [-0.2, 0) is 11.2 Å². The molecule has 0 aromatic heterocycles. The van der Waals surface area contributed by atoms with Gasteiger partial charge in [-0.2, -0.15) is 0 Å². The third-order valence-corrected chi connectivity index (χ3v) is 5.34. The summed E-state index contributed by atoms with van der Waals surface area (Å²) < 4.78 is 10.5. The van der Waals surface area contributed by atoms with Crippen molar-refractivity contribution in [2.45, 2.75) is 31.7 Å². The Labute approximate surface area is 149 Å². The first-order valence-electron chi connectivity index (χ1n) is 8.36. The Morgan fingerprint density at radius 1 is 1.21 bits per heavy atom. The summed E-state index contributed by atoms with van der Waals surface area (Å²) in [6.45, 7) is 1.74. The van der Waals surface area contributed by atoms with Gasteiger partial charge in [0.25, 0.3) is 0 Å². The highest BCUT2D eigenvalue weighted by Crippen LogP contribution is 2.37. The van der Waals surface area contributed by atoms with E-state index in [1.54, 1.807) is 14.2 Å². The highest BCUT2D eigenvalue weighted by molar-refractivity contribution is 5.85. The molecule has 5 nitrogen and oxygen atoms in total. The quantitative estimate of drug-likeness (QED) is 0.880. The molecule has 0 spiro atoms. The van der Waals surface area contributed by atoms with Gasteiger partial charge >= 0.3 is 0 Å². The van der Waals surface area contributed by atoms with E-state index in [-0.39, 0.29) is 24.4 Å². The van der Waals surface area contributed by atoms with Crippen LogP contribution in [0.4, 0.5) is 0 Å². The molecule has 3 rings (SSSR count). The SMILES string of the molecule is COc1ccc(CCC(=O)N2CC3CCC(N)C3C2)cc1OC.Cl. The van der Waals surface area contributed by atoms with Crippen LogP contribution in [0.25, 0.3) is 0 Å². The largest absolute Gasteiger partial charge is 0.493 e. The van der Waals surface area contributed by atoms with E-state index in [4.69, 9.17) is 15.2 Å². The lowest BCUT2D eigenvalue weighted by Crippen LogP contribution is -2.33. The minimum Gasteiger partial charge on any atom is -0.493 e. The summed E-state index contributed by atoms with van der Waals surface area (Å²) in [5.74, 6) is 2.79. The third-order valence-electron chi connectivity index (χ3n) is 5.34. The van der Waals surface area contributed by atoms with Crippen LogP contribution in [0.1, 0.15) is 24.8 Å². The third kappa shape index (κ3) is 3.78. The molecule has 1 aromatic carbocycles. The number of halogens is 1. The van der Waals surface area contributed by atoms with Gasteiger partial charge in [-0.1, -0.05) is 6.07 Å². The maximum atomic E-state index is 12.5. The highest BCUT2D eigenvalue weighted by atomic mass is 35.5. The fraction of sp³-hybridized carbons (Fsp3) is 0.611. The molecule has 1 saturated heterocycles. The van der Waals surface area contributed by atoms with Crippen LogP contribution < -0.4 is 15.2 Å². The zero-order valence-electron chi connectivity index (χ0n) is 14.4. The number of rotatable bonds is 5. The Kier molecular flexibility index (Phi) is 6.35. The lowest BCUT2D eigenvalue weighted by Gasteiger charge is -2.19. The van der Waals surface area contributed by atoms with Crippen molar-refractivity contribution in [2.75, 3.05) is 27.3 Å². The average molecular weight is 355 g/mol. The standard InChI is InChI=1S/C18H26N2O3.ClH/c1-22-16-7-3-12(9-17(16)23-2)4-8-18(21)20-10-13-5-6-15(19)14(13)11-20;/h3,7,9,13-15H,4-6,8,10-11,19H2,1-2H3;1H. The summed E-state index contributed by atoms with van der Waals surface area (Å²) in [5.41, 5.74) is 7.23. The summed E-state index contributed by atoms with van der Waals surface area (Å²) >= 11 is 0. The van der Waals surface area contributed by atoms with Gasteiger partial charge in [0.1, 0.15) is 0 Å². The fourth-order valence-electron chi connectivity index (χ4n) is 3.96. The number of nitrogens with two attached hydrogens (primary N) is 1. The van der Waals surface area contributed by atoms with Gasteiger partial charge < -0.3 is 20.1 Å². The molecule has 2 fully saturated rings. The van der Waals surface area contributed by atoms with Crippen LogP contribution in [0.15, 0.2) is 18.2 Å². The van der Waals surface area contributed by atoms with Crippen molar-refractivity contribution in [1.82, 2.24) is 4.90 Å². The molecule has 2 aliphatic rings. The molecular weight excluding hydrogens is 328 g/mol. The second-order valence-electron chi connectivity index (χ2n) is 6.65. The van der Waals surface area contributed by atoms with Crippen molar-refractivity contribution in [1.29, 1.82) is 0 Å².